The van der Waals surface area contributed by atoms with Crippen LogP contribution in [0.25, 0.3) is 0 Å². The highest BCUT2D eigenvalue weighted by Crippen LogP contribution is 2.51. The summed E-state index contributed by atoms with van der Waals surface area (Å²) in [6.07, 6.45) is 1.62. The molecule has 1 aromatic heterocycles. The van der Waals surface area contributed by atoms with E-state index in [0.29, 0.717) is 48.4 Å². The Hall–Kier alpha value is -3.41. The molecular weight excluding hydrogens is 505 g/mol. The lowest BCUT2D eigenvalue weighted by Crippen LogP contribution is -2.45. The van der Waals surface area contributed by atoms with Gasteiger partial charge in [0.05, 0.1) is 11.8 Å². The number of hydrogen-bond acceptors (Lipinski definition) is 8. The van der Waals surface area contributed by atoms with E-state index in [2.05, 4.69) is 0 Å². The number of para-hydroxylation sites is 1. The summed E-state index contributed by atoms with van der Waals surface area (Å²) in [7, 11) is -1.31. The van der Waals surface area contributed by atoms with Crippen molar-refractivity contribution < 1.29 is 43.4 Å². The van der Waals surface area contributed by atoms with Crippen molar-refractivity contribution in [3.63, 3.8) is 0 Å². The zero-order chi connectivity index (χ0) is 27.5. The van der Waals surface area contributed by atoms with Crippen molar-refractivity contribution in [1.29, 1.82) is 0 Å². The monoisotopic (exact) mass is 537 g/mol. The molecule has 10 nitrogen and oxygen atoms in total. The quantitative estimate of drug-likeness (QED) is 0.224. The molecule has 39 heavy (non-hydrogen) atoms. The normalized spacial score (nSPS) is 24.7. The summed E-state index contributed by atoms with van der Waals surface area (Å²) in [5.41, 5.74) is 1.33. The van der Waals surface area contributed by atoms with Crippen LogP contribution in [0.3, 0.4) is 0 Å². The third kappa shape index (κ3) is 5.66. The van der Waals surface area contributed by atoms with E-state index in [4.69, 9.17) is 18.9 Å². The number of aliphatic hydroxyl groups is 1. The van der Waals surface area contributed by atoms with E-state index in [1.165, 1.54) is 4.90 Å². The van der Waals surface area contributed by atoms with Crippen molar-refractivity contribution in [2.45, 2.75) is 51.2 Å². The smallest absolute Gasteiger partial charge is 0.487 e. The molecule has 2 fully saturated rings. The maximum absolute atomic E-state index is 13.6. The first kappa shape index (κ1) is 27.2. The number of amides is 2. The van der Waals surface area contributed by atoms with Crippen LogP contribution in [-0.2, 0) is 25.6 Å². The van der Waals surface area contributed by atoms with Gasteiger partial charge in [-0.3, -0.25) is 19.3 Å². The number of allylic oxidation sites excluding steroid dienone is 1. The second-order valence-corrected chi connectivity index (χ2v) is 10.3. The topological polar surface area (TPSA) is 147 Å². The average Bonchev–Trinajstić information content (AvgIpc) is 3.50. The van der Waals surface area contributed by atoms with Gasteiger partial charge >= 0.3 is 13.1 Å². The van der Waals surface area contributed by atoms with Gasteiger partial charge in [-0.15, -0.1) is 0 Å². The number of carbonyl (C=O) groups is 3. The molecule has 11 heteroatoms. The summed E-state index contributed by atoms with van der Waals surface area (Å²) in [5.74, 6) is -1.59. The fraction of sp³-hybridized carbons (Fsp3) is 0.464. The molecule has 4 atom stereocenters. The van der Waals surface area contributed by atoms with Crippen LogP contribution in [0.5, 0.6) is 5.75 Å². The van der Waals surface area contributed by atoms with Gasteiger partial charge in [-0.1, -0.05) is 24.6 Å². The molecule has 3 aliphatic rings. The van der Waals surface area contributed by atoms with E-state index < -0.39 is 36.9 Å². The first-order chi connectivity index (χ1) is 18.9. The number of ether oxygens (including phenoxy) is 1. The van der Waals surface area contributed by atoms with Gasteiger partial charge in [0, 0.05) is 13.0 Å². The molecule has 1 aromatic carbocycles. The lowest BCUT2D eigenvalue weighted by atomic mass is 9.55. The summed E-state index contributed by atoms with van der Waals surface area (Å²) < 4.78 is 17.6. The standard InChI is InChI=1S/C28H32BNO9/c31-15-19-10-11-22(38-19)23-14-20-25-21(27(34)30(28(25)35)12-6-2-5-9-24(32)33)13-17(26(20)29(36)39-23)16-37-18-7-3-1-4-8-18/h1,3-4,7-8,10-11,20-21,23,25,31,36H,2,5-6,9,12-16H2,(H,32,33)/t20-,21-,23-,25+/m0/s1. The molecular formula is C28H32BNO9. The Balaban J connectivity index is 1.39. The Kier molecular flexibility index (Phi) is 8.20. The van der Waals surface area contributed by atoms with Gasteiger partial charge in [0.1, 0.15) is 36.6 Å². The first-order valence-corrected chi connectivity index (χ1v) is 13.4. The minimum absolute atomic E-state index is 0.0529. The molecule has 3 heterocycles. The van der Waals surface area contributed by atoms with Crippen molar-refractivity contribution in [2.24, 2.45) is 17.8 Å². The highest BCUT2D eigenvalue weighted by molar-refractivity contribution is 6.53. The maximum Gasteiger partial charge on any atom is 0.487 e. The van der Waals surface area contributed by atoms with Crippen LogP contribution in [0.1, 0.15) is 56.1 Å². The number of hydrogen-bond donors (Lipinski definition) is 3. The number of carboxylic acid groups (broad SMARTS) is 1. The van der Waals surface area contributed by atoms with Gasteiger partial charge in [-0.05, 0) is 66.9 Å². The lowest BCUT2D eigenvalue weighted by Gasteiger charge is -2.41. The summed E-state index contributed by atoms with van der Waals surface area (Å²) in [6.45, 7) is 0.114. The van der Waals surface area contributed by atoms with Crippen LogP contribution < -0.4 is 4.74 Å². The van der Waals surface area contributed by atoms with Gasteiger partial charge in [0.2, 0.25) is 11.8 Å². The van der Waals surface area contributed by atoms with Crippen LogP contribution in [0.2, 0.25) is 0 Å². The minimum Gasteiger partial charge on any atom is -0.489 e. The molecule has 0 bridgehead atoms. The van der Waals surface area contributed by atoms with E-state index in [0.717, 1.165) is 5.57 Å². The van der Waals surface area contributed by atoms with Crippen molar-refractivity contribution in [1.82, 2.24) is 4.90 Å². The van der Waals surface area contributed by atoms with Crippen LogP contribution in [-0.4, -0.2) is 58.2 Å². The number of aliphatic hydroxyl groups excluding tert-OH is 1. The number of likely N-dealkylation sites (tertiary alicyclic amines) is 1. The Morgan fingerprint density at radius 1 is 1.05 bits per heavy atom. The highest BCUT2D eigenvalue weighted by Gasteiger charge is 2.58. The molecule has 3 N–H and O–H groups in total. The molecule has 0 spiro atoms. The second-order valence-electron chi connectivity index (χ2n) is 10.3. The van der Waals surface area contributed by atoms with Gasteiger partial charge in [-0.2, -0.15) is 0 Å². The third-order valence-corrected chi connectivity index (χ3v) is 7.89. The molecule has 2 amide bonds. The van der Waals surface area contributed by atoms with Crippen molar-refractivity contribution >= 4 is 24.9 Å². The molecule has 5 rings (SSSR count). The SMILES string of the molecule is O=C(O)CCCCCN1C(=O)[C@H]2[C@H](CC(COc3ccccc3)=C3B(O)O[C@H](c4ccc(CO)o4)C[C@H]32)C1=O. The van der Waals surface area contributed by atoms with Crippen LogP contribution in [0, 0.1) is 17.8 Å². The molecule has 206 valence electrons. The van der Waals surface area contributed by atoms with Crippen molar-refractivity contribution in [3.05, 3.63) is 65.0 Å². The fourth-order valence-corrected chi connectivity index (χ4v) is 6.08. The summed E-state index contributed by atoms with van der Waals surface area (Å²) in [5, 5.41) is 29.4. The summed E-state index contributed by atoms with van der Waals surface area (Å²) in [6, 6.07) is 12.6. The number of nitrogens with zero attached hydrogens (tertiary/aromatic N) is 1. The fourth-order valence-electron chi connectivity index (χ4n) is 6.08. The Bertz CT molecular complexity index is 1240. The molecule has 2 aliphatic heterocycles. The van der Waals surface area contributed by atoms with Gasteiger partial charge < -0.3 is 29.0 Å². The lowest BCUT2D eigenvalue weighted by molar-refractivity contribution is -0.141. The number of aliphatic carboxylic acids is 1. The van der Waals surface area contributed by atoms with E-state index in [1.54, 1.807) is 12.1 Å². The van der Waals surface area contributed by atoms with Crippen LogP contribution in [0.4, 0.5) is 0 Å². The first-order valence-electron chi connectivity index (χ1n) is 13.4. The van der Waals surface area contributed by atoms with Gasteiger partial charge in [0.25, 0.3) is 0 Å². The van der Waals surface area contributed by atoms with Crippen molar-refractivity contribution in [3.8, 4) is 5.75 Å². The second kappa shape index (κ2) is 11.8. The maximum atomic E-state index is 13.6. The zero-order valence-corrected chi connectivity index (χ0v) is 21.5. The number of furan rings is 1. The molecule has 2 aromatic rings. The number of carbonyl (C=O) groups excluding carboxylic acids is 2. The highest BCUT2D eigenvalue weighted by atomic mass is 16.5. The summed E-state index contributed by atoms with van der Waals surface area (Å²) >= 11 is 0. The third-order valence-electron chi connectivity index (χ3n) is 7.89. The van der Waals surface area contributed by atoms with Crippen molar-refractivity contribution in [2.75, 3.05) is 13.2 Å². The minimum atomic E-state index is -1.31. The zero-order valence-electron chi connectivity index (χ0n) is 21.5. The molecule has 0 unspecified atom stereocenters. The molecule has 0 radical (unpaired) electrons. The molecule has 1 aliphatic carbocycles. The van der Waals surface area contributed by atoms with Crippen LogP contribution in [0.15, 0.2) is 57.9 Å². The number of fused-ring (bicyclic) bond motifs is 3. The predicted octanol–water partition coefficient (Wildman–Crippen LogP) is 2.89. The average molecular weight is 537 g/mol. The molecule has 2 saturated heterocycles. The number of carboxylic acids is 1. The molecule has 0 saturated carbocycles. The van der Waals surface area contributed by atoms with E-state index in [9.17, 15) is 24.5 Å². The Morgan fingerprint density at radius 3 is 2.56 bits per heavy atom. The van der Waals surface area contributed by atoms with Gasteiger partial charge in [-0.25, -0.2) is 0 Å². The summed E-state index contributed by atoms with van der Waals surface area (Å²) in [4.78, 5) is 39.2. The van der Waals surface area contributed by atoms with Crippen LogP contribution >= 0.6 is 0 Å². The Morgan fingerprint density at radius 2 is 1.85 bits per heavy atom. The predicted molar refractivity (Wildman–Crippen MR) is 138 cm³/mol. The largest absolute Gasteiger partial charge is 0.489 e. The number of benzene rings is 1. The van der Waals surface area contributed by atoms with Gasteiger partial charge in [0.15, 0.2) is 0 Å². The number of imide groups is 1. The van der Waals surface area contributed by atoms with E-state index in [-0.39, 0.29) is 44.4 Å². The Labute approximate surface area is 226 Å². The van der Waals surface area contributed by atoms with E-state index in [1.807, 2.05) is 30.3 Å². The number of unbranched alkanes of at least 4 members (excludes halogenated alkanes) is 2. The van der Waals surface area contributed by atoms with E-state index >= 15 is 0 Å². The number of rotatable bonds is 11.